The number of sulfonamides is 1. The van der Waals surface area contributed by atoms with E-state index in [0.29, 0.717) is 17.5 Å². The van der Waals surface area contributed by atoms with Crippen molar-refractivity contribution in [1.29, 1.82) is 0 Å². The number of furan rings is 1. The van der Waals surface area contributed by atoms with E-state index in [9.17, 15) is 22.4 Å². The Morgan fingerprint density at radius 3 is 2.43 bits per heavy atom. The molecule has 0 bridgehead atoms. The Morgan fingerprint density at radius 1 is 1.27 bits per heavy atom. The Morgan fingerprint density at radius 2 is 1.90 bits per heavy atom. The molecular formula is C19H18FN3O6S. The van der Waals surface area contributed by atoms with Crippen molar-refractivity contribution in [3.8, 4) is 11.3 Å². The van der Waals surface area contributed by atoms with Crippen LogP contribution >= 0.6 is 0 Å². The van der Waals surface area contributed by atoms with Gasteiger partial charge in [-0.15, -0.1) is 0 Å². The van der Waals surface area contributed by atoms with Gasteiger partial charge in [0, 0.05) is 12.6 Å². The number of nitrogens with zero attached hydrogens (tertiary/aromatic N) is 2. The van der Waals surface area contributed by atoms with Crippen LogP contribution in [0.3, 0.4) is 0 Å². The first kappa shape index (κ1) is 21.2. The number of anilines is 1. The van der Waals surface area contributed by atoms with E-state index >= 15 is 0 Å². The third-order valence-electron chi connectivity index (χ3n) is 4.42. The number of esters is 1. The molecule has 2 aromatic heterocycles. The first-order valence-electron chi connectivity index (χ1n) is 8.70. The lowest BCUT2D eigenvalue weighted by molar-refractivity contribution is 0.0640. The minimum Gasteiger partial charge on any atom is -0.437 e. The molecule has 0 radical (unpaired) electrons. The Bertz CT molecular complexity index is 1250. The summed E-state index contributed by atoms with van der Waals surface area (Å²) in [7, 11) is -2.27. The Labute approximate surface area is 171 Å². The van der Waals surface area contributed by atoms with Gasteiger partial charge in [0.15, 0.2) is 5.76 Å². The highest BCUT2D eigenvalue weighted by molar-refractivity contribution is 7.92. The van der Waals surface area contributed by atoms with Crippen molar-refractivity contribution in [3.05, 3.63) is 47.3 Å². The molecule has 0 saturated carbocycles. The standard InChI is InChI=1S/C19H18FN3O6S/c1-4-10-9-13-14(18(24)29-19(21)25)15(11-5-7-12(20)8-6-11)28-17(13)22-16(10)23(2)30(3,26)27/h5-9H,4H2,1-3H3,(H2,21,25). The summed E-state index contributed by atoms with van der Waals surface area (Å²) in [5.74, 6) is -1.47. The van der Waals surface area contributed by atoms with E-state index in [2.05, 4.69) is 9.72 Å². The molecule has 11 heteroatoms. The molecule has 9 nitrogen and oxygen atoms in total. The Kier molecular flexibility index (Phi) is 5.49. The SMILES string of the molecule is CCc1cc2c(C(=O)OC(N)=O)c(-c3ccc(F)cc3)oc2nc1N(C)S(C)(=O)=O. The Hall–Kier alpha value is -3.47. The van der Waals surface area contributed by atoms with Gasteiger partial charge in [-0.2, -0.15) is 4.98 Å². The largest absolute Gasteiger partial charge is 0.437 e. The summed E-state index contributed by atoms with van der Waals surface area (Å²) in [4.78, 5) is 28.0. The highest BCUT2D eigenvalue weighted by atomic mass is 32.2. The van der Waals surface area contributed by atoms with Gasteiger partial charge in [-0.1, -0.05) is 6.92 Å². The summed E-state index contributed by atoms with van der Waals surface area (Å²) in [6.07, 6.45) is 0.107. The fourth-order valence-corrected chi connectivity index (χ4v) is 3.37. The van der Waals surface area contributed by atoms with Gasteiger partial charge in [0.05, 0.1) is 11.6 Å². The number of halogens is 1. The van der Waals surface area contributed by atoms with Crippen LogP contribution in [-0.2, 0) is 21.2 Å². The summed E-state index contributed by atoms with van der Waals surface area (Å²) >= 11 is 0. The molecule has 0 saturated heterocycles. The quantitative estimate of drug-likeness (QED) is 0.481. The summed E-state index contributed by atoms with van der Waals surface area (Å²) in [6, 6.07) is 6.61. The molecule has 0 spiro atoms. The molecule has 3 rings (SSSR count). The average Bonchev–Trinajstić information content (AvgIpc) is 3.04. The van der Waals surface area contributed by atoms with E-state index in [1.807, 2.05) is 0 Å². The van der Waals surface area contributed by atoms with Crippen molar-refractivity contribution in [2.45, 2.75) is 13.3 Å². The first-order valence-corrected chi connectivity index (χ1v) is 10.6. The zero-order chi connectivity index (χ0) is 22.2. The van der Waals surface area contributed by atoms with Gasteiger partial charge < -0.3 is 14.9 Å². The smallest absolute Gasteiger partial charge is 0.412 e. The molecule has 0 atom stereocenters. The number of pyridine rings is 1. The summed E-state index contributed by atoms with van der Waals surface area (Å²) in [5, 5.41) is 0.197. The maximum absolute atomic E-state index is 13.3. The predicted octanol–water partition coefficient (Wildman–Crippen LogP) is 2.83. The van der Waals surface area contributed by atoms with Crippen molar-refractivity contribution < 1.29 is 31.6 Å². The van der Waals surface area contributed by atoms with Gasteiger partial charge >= 0.3 is 12.1 Å². The molecule has 3 aromatic rings. The summed E-state index contributed by atoms with van der Waals surface area (Å²) in [6.45, 7) is 1.78. The van der Waals surface area contributed by atoms with E-state index in [4.69, 9.17) is 10.2 Å². The van der Waals surface area contributed by atoms with Crippen molar-refractivity contribution in [2.75, 3.05) is 17.6 Å². The highest BCUT2D eigenvalue weighted by Crippen LogP contribution is 2.36. The number of hydrogen-bond acceptors (Lipinski definition) is 7. The molecular weight excluding hydrogens is 417 g/mol. The molecule has 0 fully saturated rings. The number of ether oxygens (including phenoxy) is 1. The maximum atomic E-state index is 13.3. The molecule has 2 N–H and O–H groups in total. The monoisotopic (exact) mass is 435 g/mol. The molecule has 1 amide bonds. The summed E-state index contributed by atoms with van der Waals surface area (Å²) in [5.41, 5.74) is 5.60. The van der Waals surface area contributed by atoms with Gasteiger partial charge in [-0.25, -0.2) is 22.4 Å². The second kappa shape index (κ2) is 7.75. The normalized spacial score (nSPS) is 11.5. The van der Waals surface area contributed by atoms with Crippen molar-refractivity contribution >= 4 is 39.0 Å². The van der Waals surface area contributed by atoms with Crippen molar-refractivity contribution in [3.63, 3.8) is 0 Å². The third-order valence-corrected chi connectivity index (χ3v) is 5.59. The number of carbonyl (C=O) groups excluding carboxylic acids is 2. The Balaban J connectivity index is 2.33. The fraction of sp³-hybridized carbons (Fsp3) is 0.211. The van der Waals surface area contributed by atoms with Gasteiger partial charge in [-0.3, -0.25) is 4.31 Å². The van der Waals surface area contributed by atoms with Gasteiger partial charge in [0.2, 0.25) is 15.7 Å². The molecule has 0 aliphatic rings. The van der Waals surface area contributed by atoms with Crippen LogP contribution in [0.5, 0.6) is 0 Å². The number of aryl methyl sites for hydroxylation is 1. The van der Waals surface area contributed by atoms with Gasteiger partial charge in [0.25, 0.3) is 0 Å². The number of hydrogen-bond donors (Lipinski definition) is 1. The van der Waals surface area contributed by atoms with Crippen molar-refractivity contribution in [2.24, 2.45) is 5.73 Å². The second-order valence-corrected chi connectivity index (χ2v) is 8.44. The lowest BCUT2D eigenvalue weighted by Gasteiger charge is -2.18. The fourth-order valence-electron chi connectivity index (χ4n) is 2.90. The number of nitrogens with two attached hydrogens (primary N) is 1. The maximum Gasteiger partial charge on any atom is 0.412 e. The topological polar surface area (TPSA) is 133 Å². The number of carbonyl (C=O) groups is 2. The molecule has 158 valence electrons. The van der Waals surface area contributed by atoms with Crippen LogP contribution in [0.25, 0.3) is 22.4 Å². The molecule has 1 aromatic carbocycles. The van der Waals surface area contributed by atoms with E-state index < -0.39 is 27.9 Å². The zero-order valence-electron chi connectivity index (χ0n) is 16.3. The van der Waals surface area contributed by atoms with Crippen LogP contribution in [0.1, 0.15) is 22.8 Å². The zero-order valence-corrected chi connectivity index (χ0v) is 17.1. The van der Waals surface area contributed by atoms with Crippen LogP contribution in [-0.4, -0.2) is 38.8 Å². The number of amides is 1. The van der Waals surface area contributed by atoms with Crippen LogP contribution in [0.15, 0.2) is 34.7 Å². The number of benzene rings is 1. The van der Waals surface area contributed by atoms with E-state index in [-0.39, 0.29) is 28.2 Å². The predicted molar refractivity (Wildman–Crippen MR) is 107 cm³/mol. The highest BCUT2D eigenvalue weighted by Gasteiger charge is 2.28. The van der Waals surface area contributed by atoms with E-state index in [0.717, 1.165) is 10.6 Å². The minimum atomic E-state index is -3.61. The van der Waals surface area contributed by atoms with Gasteiger partial charge in [0.1, 0.15) is 17.2 Å². The number of rotatable bonds is 5. The lowest BCUT2D eigenvalue weighted by Crippen LogP contribution is -2.27. The van der Waals surface area contributed by atoms with Crippen LogP contribution in [0.4, 0.5) is 15.0 Å². The van der Waals surface area contributed by atoms with E-state index in [1.165, 1.54) is 37.4 Å². The van der Waals surface area contributed by atoms with E-state index in [1.54, 1.807) is 6.92 Å². The third kappa shape index (κ3) is 3.96. The molecule has 2 heterocycles. The summed E-state index contributed by atoms with van der Waals surface area (Å²) < 4.78 is 48.5. The van der Waals surface area contributed by atoms with Crippen LogP contribution in [0, 0.1) is 5.82 Å². The average molecular weight is 435 g/mol. The van der Waals surface area contributed by atoms with Gasteiger partial charge in [-0.05, 0) is 42.3 Å². The number of aromatic nitrogens is 1. The molecule has 0 aliphatic carbocycles. The minimum absolute atomic E-state index is 0.0232. The lowest BCUT2D eigenvalue weighted by atomic mass is 10.0. The number of fused-ring (bicyclic) bond motifs is 1. The van der Waals surface area contributed by atoms with Crippen LogP contribution in [0.2, 0.25) is 0 Å². The van der Waals surface area contributed by atoms with Crippen LogP contribution < -0.4 is 10.0 Å². The number of primary amides is 1. The second-order valence-electron chi connectivity index (χ2n) is 6.43. The van der Waals surface area contributed by atoms with Crippen molar-refractivity contribution in [1.82, 2.24) is 4.98 Å². The first-order chi connectivity index (χ1) is 14.0. The molecule has 0 unspecified atom stereocenters. The molecule has 0 aliphatic heterocycles. The molecule has 30 heavy (non-hydrogen) atoms.